The standard InChI is InChI=1S/C6H10O2/c1-6(2)8-5-3-4-7/h3-6H,1-2H3/b5-3+. The number of aldehydes is 1. The van der Waals surface area contributed by atoms with Gasteiger partial charge in [0.05, 0.1) is 12.4 Å². The molecule has 8 heavy (non-hydrogen) atoms. The topological polar surface area (TPSA) is 26.3 Å². The van der Waals surface area contributed by atoms with Crippen molar-refractivity contribution in [2.24, 2.45) is 0 Å². The summed E-state index contributed by atoms with van der Waals surface area (Å²) in [6, 6.07) is 0. The summed E-state index contributed by atoms with van der Waals surface area (Å²) >= 11 is 0. The third-order valence-electron chi connectivity index (χ3n) is 0.508. The molecule has 0 saturated carbocycles. The molecule has 0 aliphatic rings. The monoisotopic (exact) mass is 114 g/mol. The lowest BCUT2D eigenvalue weighted by Gasteiger charge is -2.00. The first-order valence-corrected chi connectivity index (χ1v) is 2.53. The molecule has 2 heteroatoms. The van der Waals surface area contributed by atoms with Gasteiger partial charge >= 0.3 is 0 Å². The summed E-state index contributed by atoms with van der Waals surface area (Å²) in [7, 11) is 0. The Kier molecular flexibility index (Phi) is 3.94. The Bertz CT molecular complexity index is 84.5. The van der Waals surface area contributed by atoms with Crippen molar-refractivity contribution in [1.29, 1.82) is 0 Å². The van der Waals surface area contributed by atoms with Crippen LogP contribution in [0.15, 0.2) is 12.3 Å². The van der Waals surface area contributed by atoms with Crippen molar-refractivity contribution in [1.82, 2.24) is 0 Å². The number of carbonyl (C=O) groups excluding carboxylic acids is 1. The second-order valence-electron chi connectivity index (χ2n) is 1.65. The highest BCUT2D eigenvalue weighted by atomic mass is 16.5. The molecule has 0 aliphatic carbocycles. The first-order valence-electron chi connectivity index (χ1n) is 2.53. The fraction of sp³-hybridized carbons (Fsp3) is 0.500. The second-order valence-corrected chi connectivity index (χ2v) is 1.65. The SMILES string of the molecule is CC(C)O/C=C/C=O. The molecule has 0 atom stereocenters. The molecule has 0 unspecified atom stereocenters. The Labute approximate surface area is 49.1 Å². The Hall–Kier alpha value is -0.790. The van der Waals surface area contributed by atoms with Crippen LogP contribution in [0.3, 0.4) is 0 Å². The first-order chi connectivity index (χ1) is 3.77. The molecule has 2 nitrogen and oxygen atoms in total. The number of allylic oxidation sites excluding steroid dienone is 1. The van der Waals surface area contributed by atoms with E-state index in [-0.39, 0.29) is 6.10 Å². The Morgan fingerprint density at radius 3 is 2.50 bits per heavy atom. The smallest absolute Gasteiger partial charge is 0.145 e. The van der Waals surface area contributed by atoms with E-state index in [9.17, 15) is 4.79 Å². The van der Waals surface area contributed by atoms with Crippen molar-refractivity contribution in [3.8, 4) is 0 Å². The lowest BCUT2D eigenvalue weighted by molar-refractivity contribution is -0.104. The Morgan fingerprint density at radius 2 is 2.12 bits per heavy atom. The summed E-state index contributed by atoms with van der Waals surface area (Å²) in [4.78, 5) is 9.62. The van der Waals surface area contributed by atoms with Gasteiger partial charge in [0, 0.05) is 6.08 Å². The maximum Gasteiger partial charge on any atom is 0.145 e. The van der Waals surface area contributed by atoms with Crippen molar-refractivity contribution in [2.45, 2.75) is 20.0 Å². The average molecular weight is 114 g/mol. The van der Waals surface area contributed by atoms with Gasteiger partial charge in [0.25, 0.3) is 0 Å². The van der Waals surface area contributed by atoms with Gasteiger partial charge < -0.3 is 4.74 Å². The zero-order chi connectivity index (χ0) is 6.41. The van der Waals surface area contributed by atoms with Crippen molar-refractivity contribution < 1.29 is 9.53 Å². The number of hydrogen-bond acceptors (Lipinski definition) is 2. The maximum absolute atomic E-state index is 9.62. The average Bonchev–Trinajstić information content (AvgIpc) is 1.66. The van der Waals surface area contributed by atoms with Gasteiger partial charge in [-0.2, -0.15) is 0 Å². The lowest BCUT2D eigenvalue weighted by Crippen LogP contribution is -1.94. The van der Waals surface area contributed by atoms with Crippen molar-refractivity contribution >= 4 is 6.29 Å². The number of carbonyl (C=O) groups is 1. The highest BCUT2D eigenvalue weighted by Crippen LogP contribution is 1.85. The van der Waals surface area contributed by atoms with Gasteiger partial charge in [-0.3, -0.25) is 4.79 Å². The molecule has 0 aromatic heterocycles. The van der Waals surface area contributed by atoms with Crippen LogP contribution in [0, 0.1) is 0 Å². The zero-order valence-electron chi connectivity index (χ0n) is 5.13. The summed E-state index contributed by atoms with van der Waals surface area (Å²) in [5.74, 6) is 0. The van der Waals surface area contributed by atoms with Gasteiger partial charge in [-0.15, -0.1) is 0 Å². The van der Waals surface area contributed by atoms with Crippen molar-refractivity contribution in [3.63, 3.8) is 0 Å². The summed E-state index contributed by atoms with van der Waals surface area (Å²) in [5.41, 5.74) is 0. The van der Waals surface area contributed by atoms with Crippen LogP contribution < -0.4 is 0 Å². The fourth-order valence-electron chi connectivity index (χ4n) is 0.235. The normalized spacial score (nSPS) is 10.4. The minimum absolute atomic E-state index is 0.159. The summed E-state index contributed by atoms with van der Waals surface area (Å²) in [5, 5.41) is 0. The van der Waals surface area contributed by atoms with Crippen LogP contribution in [-0.2, 0) is 9.53 Å². The molecule has 0 radical (unpaired) electrons. The van der Waals surface area contributed by atoms with Crippen molar-refractivity contribution in [3.05, 3.63) is 12.3 Å². The Morgan fingerprint density at radius 1 is 1.50 bits per heavy atom. The van der Waals surface area contributed by atoms with Gasteiger partial charge in [0.1, 0.15) is 6.29 Å². The third-order valence-corrected chi connectivity index (χ3v) is 0.508. The van der Waals surface area contributed by atoms with Crippen LogP contribution >= 0.6 is 0 Å². The van der Waals surface area contributed by atoms with E-state index < -0.39 is 0 Å². The molecule has 0 N–H and O–H groups in total. The van der Waals surface area contributed by atoms with Crippen LogP contribution in [0.25, 0.3) is 0 Å². The molecular formula is C6H10O2. The van der Waals surface area contributed by atoms with Crippen LogP contribution in [0.5, 0.6) is 0 Å². The molecule has 0 amide bonds. The predicted octanol–water partition coefficient (Wildman–Crippen LogP) is 1.12. The van der Waals surface area contributed by atoms with Gasteiger partial charge in [-0.1, -0.05) is 0 Å². The van der Waals surface area contributed by atoms with Crippen molar-refractivity contribution in [2.75, 3.05) is 0 Å². The van der Waals surface area contributed by atoms with E-state index >= 15 is 0 Å². The van der Waals surface area contributed by atoms with Crippen LogP contribution in [-0.4, -0.2) is 12.4 Å². The van der Waals surface area contributed by atoms with Crippen LogP contribution in [0.4, 0.5) is 0 Å². The minimum Gasteiger partial charge on any atom is -0.499 e. The summed E-state index contributed by atoms with van der Waals surface area (Å²) in [6.07, 6.45) is 3.55. The molecule has 0 aromatic carbocycles. The molecular weight excluding hydrogens is 104 g/mol. The molecule has 0 fully saturated rings. The molecule has 0 bridgehead atoms. The van der Waals surface area contributed by atoms with E-state index in [4.69, 9.17) is 4.74 Å². The van der Waals surface area contributed by atoms with Crippen LogP contribution in [0.2, 0.25) is 0 Å². The maximum atomic E-state index is 9.62. The highest BCUT2D eigenvalue weighted by molar-refractivity contribution is 5.64. The number of rotatable bonds is 3. The molecule has 0 rings (SSSR count). The molecule has 0 spiro atoms. The first kappa shape index (κ1) is 7.21. The summed E-state index contributed by atoms with van der Waals surface area (Å²) in [6.45, 7) is 3.80. The largest absolute Gasteiger partial charge is 0.499 e. The van der Waals surface area contributed by atoms with E-state index in [1.54, 1.807) is 0 Å². The Balaban J connectivity index is 3.15. The second kappa shape index (κ2) is 4.37. The van der Waals surface area contributed by atoms with Crippen LogP contribution in [0.1, 0.15) is 13.8 Å². The molecule has 0 saturated heterocycles. The van der Waals surface area contributed by atoms with Gasteiger partial charge in [0.2, 0.25) is 0 Å². The zero-order valence-corrected chi connectivity index (χ0v) is 5.13. The molecule has 0 aromatic rings. The molecule has 0 aliphatic heterocycles. The third kappa shape index (κ3) is 5.21. The lowest BCUT2D eigenvalue weighted by atomic mass is 10.5. The van der Waals surface area contributed by atoms with E-state index in [2.05, 4.69) is 0 Å². The van der Waals surface area contributed by atoms with Gasteiger partial charge in [-0.25, -0.2) is 0 Å². The minimum atomic E-state index is 0.159. The summed E-state index contributed by atoms with van der Waals surface area (Å²) < 4.78 is 4.87. The number of ether oxygens (including phenoxy) is 1. The predicted molar refractivity (Wildman–Crippen MR) is 31.4 cm³/mol. The van der Waals surface area contributed by atoms with E-state index in [1.165, 1.54) is 12.3 Å². The molecule has 0 heterocycles. The van der Waals surface area contributed by atoms with Gasteiger partial charge in [-0.05, 0) is 13.8 Å². The fourth-order valence-corrected chi connectivity index (χ4v) is 0.235. The van der Waals surface area contributed by atoms with Gasteiger partial charge in [0.15, 0.2) is 0 Å². The quantitative estimate of drug-likeness (QED) is 0.312. The molecule has 46 valence electrons. The van der Waals surface area contributed by atoms with E-state index in [1.807, 2.05) is 13.8 Å². The van der Waals surface area contributed by atoms with E-state index in [0.717, 1.165) is 0 Å². The highest BCUT2D eigenvalue weighted by Gasteiger charge is 1.82. The van der Waals surface area contributed by atoms with E-state index in [0.29, 0.717) is 6.29 Å². The number of hydrogen-bond donors (Lipinski definition) is 0.